The predicted octanol–water partition coefficient (Wildman–Crippen LogP) is 2.42. The lowest BCUT2D eigenvalue weighted by Crippen LogP contribution is -2.34. The minimum atomic E-state index is -0.583. The van der Waals surface area contributed by atoms with Gasteiger partial charge in [0.15, 0.2) is 0 Å². The molecule has 0 atom stereocenters. The van der Waals surface area contributed by atoms with Crippen molar-refractivity contribution in [1.82, 2.24) is 5.06 Å². The van der Waals surface area contributed by atoms with E-state index in [1.165, 1.54) is 0 Å². The molecular formula is C16H17NO4. The number of hydroxylamine groups is 2. The van der Waals surface area contributed by atoms with Crippen molar-refractivity contribution >= 4 is 17.8 Å². The van der Waals surface area contributed by atoms with E-state index in [-0.39, 0.29) is 27.9 Å². The summed E-state index contributed by atoms with van der Waals surface area (Å²) in [6.45, 7) is 7.89. The zero-order valence-electron chi connectivity index (χ0n) is 12.5. The van der Waals surface area contributed by atoms with Gasteiger partial charge in [0.1, 0.15) is 0 Å². The molecule has 1 saturated carbocycles. The molecule has 3 rings (SSSR count). The third-order valence-corrected chi connectivity index (χ3v) is 5.19. The van der Waals surface area contributed by atoms with E-state index in [0.29, 0.717) is 5.06 Å². The van der Waals surface area contributed by atoms with Crippen molar-refractivity contribution in [3.05, 3.63) is 35.4 Å². The van der Waals surface area contributed by atoms with Crippen molar-refractivity contribution in [2.45, 2.75) is 27.7 Å². The number of amides is 2. The highest BCUT2D eigenvalue weighted by Crippen LogP contribution is 2.68. The molecule has 0 spiro atoms. The van der Waals surface area contributed by atoms with Crippen molar-refractivity contribution in [1.29, 1.82) is 0 Å². The first kappa shape index (κ1) is 13.8. The molecule has 2 amide bonds. The van der Waals surface area contributed by atoms with Crippen LogP contribution >= 0.6 is 0 Å². The van der Waals surface area contributed by atoms with Gasteiger partial charge >= 0.3 is 5.97 Å². The summed E-state index contributed by atoms with van der Waals surface area (Å²) in [5.41, 5.74) is 0.125. The minimum absolute atomic E-state index is 0.206. The zero-order chi connectivity index (χ0) is 15.6. The van der Waals surface area contributed by atoms with Gasteiger partial charge in [-0.15, -0.1) is 0 Å². The highest BCUT2D eigenvalue weighted by Gasteiger charge is 2.69. The van der Waals surface area contributed by atoms with Gasteiger partial charge in [-0.05, 0) is 23.0 Å². The van der Waals surface area contributed by atoms with Crippen LogP contribution in [0.4, 0.5) is 0 Å². The van der Waals surface area contributed by atoms with E-state index in [0.717, 1.165) is 0 Å². The molecule has 0 N–H and O–H groups in total. The second-order valence-corrected chi connectivity index (χ2v) is 6.74. The van der Waals surface area contributed by atoms with Crippen LogP contribution in [0.5, 0.6) is 0 Å². The Morgan fingerprint density at radius 3 is 1.81 bits per heavy atom. The van der Waals surface area contributed by atoms with Crippen molar-refractivity contribution < 1.29 is 19.2 Å². The first-order chi connectivity index (χ1) is 9.69. The smallest absolute Gasteiger partial charge is 0.329 e. The monoisotopic (exact) mass is 287 g/mol. The van der Waals surface area contributed by atoms with Crippen molar-refractivity contribution in [2.24, 2.45) is 16.7 Å². The summed E-state index contributed by atoms with van der Waals surface area (Å²) < 4.78 is 0. The molecule has 1 aliphatic heterocycles. The van der Waals surface area contributed by atoms with Crippen LogP contribution in [0.3, 0.4) is 0 Å². The van der Waals surface area contributed by atoms with Crippen molar-refractivity contribution in [2.75, 3.05) is 0 Å². The van der Waals surface area contributed by atoms with Gasteiger partial charge < -0.3 is 4.84 Å². The van der Waals surface area contributed by atoms with Gasteiger partial charge in [0.05, 0.1) is 17.0 Å². The Bertz CT molecular complexity index is 626. The van der Waals surface area contributed by atoms with Crippen LogP contribution in [0.1, 0.15) is 48.4 Å². The minimum Gasteiger partial charge on any atom is -0.329 e. The Morgan fingerprint density at radius 2 is 1.43 bits per heavy atom. The molecule has 1 aromatic rings. The molecule has 0 aromatic heterocycles. The van der Waals surface area contributed by atoms with Gasteiger partial charge in [0.2, 0.25) is 0 Å². The Kier molecular flexibility index (Phi) is 2.58. The van der Waals surface area contributed by atoms with Gasteiger partial charge in [0.25, 0.3) is 11.8 Å². The van der Waals surface area contributed by atoms with Crippen LogP contribution in [-0.4, -0.2) is 22.8 Å². The zero-order valence-corrected chi connectivity index (χ0v) is 12.5. The summed E-state index contributed by atoms with van der Waals surface area (Å²) in [4.78, 5) is 41.6. The molecule has 0 bridgehead atoms. The van der Waals surface area contributed by atoms with E-state index in [9.17, 15) is 14.4 Å². The molecule has 1 aromatic carbocycles. The van der Waals surface area contributed by atoms with Crippen molar-refractivity contribution in [3.63, 3.8) is 0 Å². The van der Waals surface area contributed by atoms with Gasteiger partial charge in [-0.2, -0.15) is 0 Å². The lowest BCUT2D eigenvalue weighted by Gasteiger charge is -2.13. The molecular weight excluding hydrogens is 270 g/mol. The highest BCUT2D eigenvalue weighted by atomic mass is 16.7. The number of hydrogen-bond donors (Lipinski definition) is 0. The van der Waals surface area contributed by atoms with Crippen LogP contribution in [0, 0.1) is 16.7 Å². The van der Waals surface area contributed by atoms with Crippen LogP contribution < -0.4 is 0 Å². The van der Waals surface area contributed by atoms with Gasteiger partial charge in [-0.1, -0.05) is 44.9 Å². The van der Waals surface area contributed by atoms with Crippen molar-refractivity contribution in [3.8, 4) is 0 Å². The van der Waals surface area contributed by atoms with E-state index in [1.54, 1.807) is 24.3 Å². The number of imide groups is 1. The Hall–Kier alpha value is -2.17. The predicted molar refractivity (Wildman–Crippen MR) is 74.1 cm³/mol. The first-order valence-electron chi connectivity index (χ1n) is 6.89. The molecule has 1 fully saturated rings. The molecule has 0 radical (unpaired) electrons. The lowest BCUT2D eigenvalue weighted by molar-refractivity contribution is -0.171. The van der Waals surface area contributed by atoms with Gasteiger partial charge in [0, 0.05) is 0 Å². The molecule has 21 heavy (non-hydrogen) atoms. The second kappa shape index (κ2) is 3.93. The summed E-state index contributed by atoms with van der Waals surface area (Å²) in [6.07, 6.45) is 0. The van der Waals surface area contributed by atoms with E-state index in [2.05, 4.69) is 0 Å². The fourth-order valence-corrected chi connectivity index (χ4v) is 3.18. The quantitative estimate of drug-likeness (QED) is 0.784. The number of carbonyl (C=O) groups excluding carboxylic acids is 3. The molecule has 0 saturated heterocycles. The van der Waals surface area contributed by atoms with Gasteiger partial charge in [-0.3, -0.25) is 9.59 Å². The number of carbonyl (C=O) groups is 3. The second-order valence-electron chi connectivity index (χ2n) is 6.74. The van der Waals surface area contributed by atoms with E-state index < -0.39 is 17.8 Å². The average Bonchev–Trinajstić information content (AvgIpc) is 2.71. The standard InChI is InChI=1S/C16H17NO4/c1-15(2)11(16(15,3)4)14(20)21-17-12(18)9-7-5-6-8-10(9)13(17)19/h5-8,11H,1-4H3. The van der Waals surface area contributed by atoms with E-state index in [4.69, 9.17) is 4.84 Å². The first-order valence-corrected chi connectivity index (χ1v) is 6.89. The number of hydrogen-bond acceptors (Lipinski definition) is 4. The average molecular weight is 287 g/mol. The number of benzene rings is 1. The van der Waals surface area contributed by atoms with Gasteiger partial charge in [-0.25, -0.2) is 4.79 Å². The fraction of sp³-hybridized carbons (Fsp3) is 0.438. The fourth-order valence-electron chi connectivity index (χ4n) is 3.18. The molecule has 1 aliphatic carbocycles. The summed E-state index contributed by atoms with van der Waals surface area (Å²) >= 11 is 0. The third kappa shape index (κ3) is 1.66. The Labute approximate surface area is 122 Å². The van der Waals surface area contributed by atoms with E-state index >= 15 is 0 Å². The normalized spacial score (nSPS) is 22.2. The van der Waals surface area contributed by atoms with Crippen LogP contribution in [-0.2, 0) is 9.63 Å². The Morgan fingerprint density at radius 1 is 1.00 bits per heavy atom. The maximum Gasteiger partial charge on any atom is 0.337 e. The number of fused-ring (bicyclic) bond motifs is 1. The molecule has 2 aliphatic rings. The number of nitrogens with zero attached hydrogens (tertiary/aromatic N) is 1. The van der Waals surface area contributed by atoms with Crippen LogP contribution in [0.25, 0.3) is 0 Å². The van der Waals surface area contributed by atoms with Crippen LogP contribution in [0.2, 0.25) is 0 Å². The molecule has 0 unspecified atom stereocenters. The SMILES string of the molecule is CC1(C)C(C(=O)ON2C(=O)c3ccccc3C2=O)C1(C)C. The van der Waals surface area contributed by atoms with E-state index in [1.807, 2.05) is 27.7 Å². The topological polar surface area (TPSA) is 63.7 Å². The third-order valence-electron chi connectivity index (χ3n) is 5.19. The molecule has 110 valence electrons. The maximum atomic E-state index is 12.3. The molecule has 5 heteroatoms. The largest absolute Gasteiger partial charge is 0.337 e. The molecule has 1 heterocycles. The summed E-state index contributed by atoms with van der Waals surface area (Å²) in [5.74, 6) is -2.02. The highest BCUT2D eigenvalue weighted by molar-refractivity contribution is 6.20. The van der Waals surface area contributed by atoms with Crippen LogP contribution in [0.15, 0.2) is 24.3 Å². The summed E-state index contributed by atoms with van der Waals surface area (Å²) in [5, 5.41) is 0.581. The summed E-state index contributed by atoms with van der Waals surface area (Å²) in [6, 6.07) is 6.44. The lowest BCUT2D eigenvalue weighted by atomic mass is 10.0. The Balaban J connectivity index is 1.81. The summed E-state index contributed by atoms with van der Waals surface area (Å²) in [7, 11) is 0. The maximum absolute atomic E-state index is 12.3. The molecule has 5 nitrogen and oxygen atoms in total. The number of rotatable bonds is 2.